The molecule has 0 saturated carbocycles. The number of hydrogen-bond acceptors (Lipinski definition) is 8. The second-order valence-corrected chi connectivity index (χ2v) is 25.9. The zero-order valence-electron chi connectivity index (χ0n) is 57.6. The van der Waals surface area contributed by atoms with Crippen molar-refractivity contribution in [2.45, 2.75) is 347 Å². The van der Waals surface area contributed by atoms with Gasteiger partial charge in [0, 0.05) is 12.8 Å². The maximum Gasteiger partial charge on any atom is 0.306 e. The number of carboxylic acid groups (broad SMARTS) is 1. The van der Waals surface area contributed by atoms with Crippen LogP contribution in [0, 0.1) is 0 Å². The first kappa shape index (κ1) is 83.5. The minimum atomic E-state index is -1.63. The molecule has 9 nitrogen and oxygen atoms in total. The Kier molecular flexibility index (Phi) is 65.6. The fourth-order valence-electron chi connectivity index (χ4n) is 10.6. The van der Waals surface area contributed by atoms with Gasteiger partial charge in [-0.3, -0.25) is 9.59 Å². The quantitative estimate of drug-likeness (QED) is 0.0195. The Bertz CT molecular complexity index is 1700. The molecule has 2 atom stereocenters. The summed E-state index contributed by atoms with van der Waals surface area (Å²) in [5.41, 5.74) is 0. The van der Waals surface area contributed by atoms with Crippen molar-refractivity contribution >= 4 is 17.9 Å². The van der Waals surface area contributed by atoms with Crippen LogP contribution in [-0.2, 0) is 33.3 Å². The van der Waals surface area contributed by atoms with Gasteiger partial charge in [-0.15, -0.1) is 0 Å². The molecule has 0 aromatic rings. The van der Waals surface area contributed by atoms with Crippen molar-refractivity contribution in [1.29, 1.82) is 0 Å². The van der Waals surface area contributed by atoms with Crippen LogP contribution in [0.3, 0.4) is 0 Å². The summed E-state index contributed by atoms with van der Waals surface area (Å²) in [5.74, 6) is -2.29. The molecule has 0 aromatic carbocycles. The average Bonchev–Trinajstić information content (AvgIpc) is 3.57. The van der Waals surface area contributed by atoms with Crippen LogP contribution in [0.2, 0.25) is 0 Å². The number of unbranched alkanes of at least 4 members (excludes halogenated alkanes) is 39. The van der Waals surface area contributed by atoms with E-state index in [-0.39, 0.29) is 32.2 Å². The van der Waals surface area contributed by atoms with Crippen molar-refractivity contribution in [2.24, 2.45) is 0 Å². The second kappa shape index (κ2) is 68.4. The number of rotatable bonds is 68. The zero-order chi connectivity index (χ0) is 63.3. The molecule has 0 rings (SSSR count). The van der Waals surface area contributed by atoms with E-state index in [1.807, 2.05) is 21.1 Å². The number of nitrogens with zero attached hydrogens (tertiary/aromatic N) is 1. The molecule has 504 valence electrons. The summed E-state index contributed by atoms with van der Waals surface area (Å²) in [7, 11) is 5.93. The first-order chi connectivity index (χ1) is 42.6. The molecule has 87 heavy (non-hydrogen) atoms. The van der Waals surface area contributed by atoms with E-state index < -0.39 is 24.3 Å². The van der Waals surface area contributed by atoms with Gasteiger partial charge in [-0.05, 0) is 70.6 Å². The predicted octanol–water partition coefficient (Wildman–Crippen LogP) is 21.7. The van der Waals surface area contributed by atoms with Crippen molar-refractivity contribution in [3.63, 3.8) is 0 Å². The van der Waals surface area contributed by atoms with Gasteiger partial charge in [0.1, 0.15) is 13.2 Å². The normalized spacial score (nSPS) is 13.2. The number of esters is 2. The third-order valence-corrected chi connectivity index (χ3v) is 16.2. The highest BCUT2D eigenvalue weighted by Gasteiger charge is 2.22. The smallest absolute Gasteiger partial charge is 0.306 e. The number of aliphatic carboxylic acids is 1. The molecular weight excluding hydrogens is 1080 g/mol. The van der Waals surface area contributed by atoms with Crippen molar-refractivity contribution in [3.05, 3.63) is 85.1 Å². The molecule has 0 heterocycles. The third-order valence-electron chi connectivity index (χ3n) is 16.2. The Morgan fingerprint density at radius 2 is 0.655 bits per heavy atom. The fraction of sp³-hybridized carbons (Fsp3) is 0.782. The van der Waals surface area contributed by atoms with E-state index in [0.717, 1.165) is 89.9 Å². The second-order valence-electron chi connectivity index (χ2n) is 25.9. The van der Waals surface area contributed by atoms with Crippen LogP contribution in [0.1, 0.15) is 335 Å². The zero-order valence-corrected chi connectivity index (χ0v) is 57.6. The van der Waals surface area contributed by atoms with Crippen molar-refractivity contribution in [1.82, 2.24) is 0 Å². The van der Waals surface area contributed by atoms with E-state index >= 15 is 0 Å². The van der Waals surface area contributed by atoms with Crippen LogP contribution in [0.15, 0.2) is 85.1 Å². The minimum Gasteiger partial charge on any atom is -0.545 e. The van der Waals surface area contributed by atoms with E-state index in [1.165, 1.54) is 212 Å². The van der Waals surface area contributed by atoms with Crippen LogP contribution >= 0.6 is 0 Å². The predicted molar refractivity (Wildman–Crippen MR) is 371 cm³/mol. The molecule has 2 unspecified atom stereocenters. The van der Waals surface area contributed by atoms with E-state index in [2.05, 4.69) is 98.9 Å². The highest BCUT2D eigenvalue weighted by Crippen LogP contribution is 2.19. The van der Waals surface area contributed by atoms with Gasteiger partial charge in [0.2, 0.25) is 0 Å². The van der Waals surface area contributed by atoms with Gasteiger partial charge >= 0.3 is 11.9 Å². The summed E-state index contributed by atoms with van der Waals surface area (Å²) >= 11 is 0. The van der Waals surface area contributed by atoms with Gasteiger partial charge in [0.15, 0.2) is 12.4 Å². The van der Waals surface area contributed by atoms with Gasteiger partial charge in [-0.1, -0.05) is 336 Å². The van der Waals surface area contributed by atoms with E-state index in [9.17, 15) is 19.5 Å². The monoisotopic (exact) mass is 1220 g/mol. The molecule has 0 aliphatic heterocycles. The number of ether oxygens (including phenoxy) is 4. The summed E-state index contributed by atoms with van der Waals surface area (Å²) in [6.45, 7) is 4.66. The molecule has 0 radical (unpaired) electrons. The minimum absolute atomic E-state index is 0.143. The Hall–Kier alpha value is -3.53. The number of carbonyl (C=O) groups excluding carboxylic acids is 3. The van der Waals surface area contributed by atoms with Gasteiger partial charge in [-0.25, -0.2) is 0 Å². The maximum atomic E-state index is 12.9. The lowest BCUT2D eigenvalue weighted by Gasteiger charge is -2.26. The van der Waals surface area contributed by atoms with Gasteiger partial charge < -0.3 is 33.3 Å². The third kappa shape index (κ3) is 69.8. The van der Waals surface area contributed by atoms with Gasteiger partial charge in [0.25, 0.3) is 0 Å². The fourth-order valence-corrected chi connectivity index (χ4v) is 10.6. The number of carboxylic acids is 1. The Morgan fingerprint density at radius 3 is 0.977 bits per heavy atom. The van der Waals surface area contributed by atoms with E-state index in [4.69, 9.17) is 18.9 Å². The van der Waals surface area contributed by atoms with E-state index in [1.54, 1.807) is 0 Å². The molecule has 0 bridgehead atoms. The molecule has 0 aromatic heterocycles. The van der Waals surface area contributed by atoms with Gasteiger partial charge in [0.05, 0.1) is 40.3 Å². The van der Waals surface area contributed by atoms with Crippen molar-refractivity contribution in [2.75, 3.05) is 47.5 Å². The Morgan fingerprint density at radius 1 is 0.356 bits per heavy atom. The topological polar surface area (TPSA) is 111 Å². The average molecular weight is 1220 g/mol. The SMILES string of the molecule is CC/C=C\C/C=C\C/C=C\C/C=C\C/C=C\C/C=C\C/C=C\CCCCCCCCCC(=O)OC(COC(=O)CCCCCCCCCCCCCCCCCCCCCCCCCCCCCCCCCCC)COC(OCC[N+](C)(C)C)C(=O)[O-]. The number of quaternary nitrogens is 1. The van der Waals surface area contributed by atoms with E-state index in [0.29, 0.717) is 23.9 Å². The molecule has 0 aliphatic rings. The molecule has 0 amide bonds. The number of carbonyl (C=O) groups is 3. The van der Waals surface area contributed by atoms with Crippen LogP contribution < -0.4 is 5.11 Å². The summed E-state index contributed by atoms with van der Waals surface area (Å²) < 4.78 is 22.8. The molecule has 0 spiro atoms. The number of allylic oxidation sites excluding steroid dienone is 14. The standard InChI is InChI=1S/C78H139NO8/c1-6-8-10-12-14-16-18-20-22-24-26-28-30-32-34-36-37-38-39-41-42-44-46-48-50-52-54-56-58-60-62-64-66-68-75(80)85-72-74(73-86-78(77(82)83)84-71-70-79(3,4)5)87-76(81)69-67-65-63-61-59-57-55-53-51-49-47-45-43-40-35-33-31-29-27-25-23-21-19-17-15-13-11-9-7-2/h9,11,15,17,21,23,27,29,33,35,43,45,49,51,74,78H,6-8,10,12-14,16,18-20,22,24-26,28,30-32,34,36-42,44,46-48,50,52-73H2,1-5H3/b11-9-,17-15-,23-21-,29-27-,35-33-,45-43-,51-49-. The molecule has 0 aliphatic carbocycles. The summed E-state index contributed by atoms with van der Waals surface area (Å²) in [6.07, 6.45) is 89.7. The molecule has 9 heteroatoms. The largest absolute Gasteiger partial charge is 0.545 e. The maximum absolute atomic E-state index is 12.9. The van der Waals surface area contributed by atoms with Crippen LogP contribution in [0.5, 0.6) is 0 Å². The number of likely N-dealkylation sites (N-methyl/N-ethyl adjacent to an activating group) is 1. The van der Waals surface area contributed by atoms with Crippen LogP contribution in [-0.4, -0.2) is 82.3 Å². The molecule has 0 N–H and O–H groups in total. The van der Waals surface area contributed by atoms with Crippen LogP contribution in [0.25, 0.3) is 0 Å². The lowest BCUT2D eigenvalue weighted by molar-refractivity contribution is -0.870. The number of hydrogen-bond donors (Lipinski definition) is 0. The summed E-state index contributed by atoms with van der Waals surface area (Å²) in [4.78, 5) is 37.5. The van der Waals surface area contributed by atoms with Crippen molar-refractivity contribution < 1.29 is 42.9 Å². The molecule has 0 fully saturated rings. The molecule has 0 saturated heterocycles. The lowest BCUT2D eigenvalue weighted by Crippen LogP contribution is -2.44. The first-order valence-electron chi connectivity index (χ1n) is 36.7. The highest BCUT2D eigenvalue weighted by atomic mass is 16.7. The lowest BCUT2D eigenvalue weighted by atomic mass is 10.0. The first-order valence-corrected chi connectivity index (χ1v) is 36.7. The van der Waals surface area contributed by atoms with Crippen molar-refractivity contribution in [3.8, 4) is 0 Å². The summed E-state index contributed by atoms with van der Waals surface area (Å²) in [6, 6.07) is 0. The Balaban J connectivity index is 4.09. The van der Waals surface area contributed by atoms with Crippen LogP contribution in [0.4, 0.5) is 0 Å². The van der Waals surface area contributed by atoms with Gasteiger partial charge in [-0.2, -0.15) is 0 Å². The highest BCUT2D eigenvalue weighted by molar-refractivity contribution is 5.70. The summed E-state index contributed by atoms with van der Waals surface area (Å²) in [5, 5.41) is 11.8. The molecular formula is C78H139NO8. The Labute approximate surface area is 538 Å².